The molecule has 2 N–H and O–H groups in total. The van der Waals surface area contributed by atoms with Crippen LogP contribution in [0, 0.1) is 6.92 Å². The Bertz CT molecular complexity index is 584. The maximum Gasteiger partial charge on any atom is 0.0834 e. The molecule has 1 heterocycles. The van der Waals surface area contributed by atoms with E-state index in [1.807, 2.05) is 35.9 Å². The van der Waals surface area contributed by atoms with Crippen molar-refractivity contribution in [3.63, 3.8) is 0 Å². The summed E-state index contributed by atoms with van der Waals surface area (Å²) in [7, 11) is 0. The van der Waals surface area contributed by atoms with Gasteiger partial charge in [-0.1, -0.05) is 23.7 Å². The van der Waals surface area contributed by atoms with Crippen LogP contribution in [0.1, 0.15) is 24.2 Å². The van der Waals surface area contributed by atoms with Gasteiger partial charge in [-0.05, 0) is 38.0 Å². The number of aryl methyl sites for hydroxylation is 1. The maximum absolute atomic E-state index is 6.22. The van der Waals surface area contributed by atoms with Crippen LogP contribution in [-0.4, -0.2) is 16.3 Å². The van der Waals surface area contributed by atoms with Crippen LogP contribution in [-0.2, 0) is 5.41 Å². The molecule has 0 spiro atoms. The first-order valence-electron chi connectivity index (χ1n) is 6.18. The van der Waals surface area contributed by atoms with Gasteiger partial charge >= 0.3 is 0 Å². The van der Waals surface area contributed by atoms with Crippen molar-refractivity contribution in [1.29, 1.82) is 0 Å². The van der Waals surface area contributed by atoms with Crippen molar-refractivity contribution in [2.24, 2.45) is 5.73 Å². The minimum atomic E-state index is 0.122. The molecular formula is C14H16ClN3. The van der Waals surface area contributed by atoms with Gasteiger partial charge < -0.3 is 5.73 Å². The molecule has 0 radical (unpaired) electrons. The Balaban J connectivity index is 2.07. The zero-order valence-corrected chi connectivity index (χ0v) is 11.1. The third kappa shape index (κ3) is 1.74. The van der Waals surface area contributed by atoms with Gasteiger partial charge in [0.2, 0.25) is 0 Å². The summed E-state index contributed by atoms with van der Waals surface area (Å²) in [6.07, 6.45) is 2.28. The molecule has 2 aromatic rings. The van der Waals surface area contributed by atoms with Gasteiger partial charge in [0.15, 0.2) is 0 Å². The fraction of sp³-hybridized carbons (Fsp3) is 0.357. The zero-order valence-electron chi connectivity index (χ0n) is 10.4. The SMILES string of the molecule is Cc1cc(C2(CN)CC2)nn1-c1ccccc1Cl. The molecule has 3 rings (SSSR count). The number of hydrogen-bond donors (Lipinski definition) is 1. The Kier molecular flexibility index (Phi) is 2.68. The molecule has 0 aliphatic heterocycles. The standard InChI is InChI=1S/C14H16ClN3/c1-10-8-13(14(9-16)6-7-14)17-18(10)12-5-3-2-4-11(12)15/h2-5,8H,6-7,9,16H2,1H3. The van der Waals surface area contributed by atoms with Crippen LogP contribution >= 0.6 is 11.6 Å². The summed E-state index contributed by atoms with van der Waals surface area (Å²) in [4.78, 5) is 0. The average Bonchev–Trinajstić information content (AvgIpc) is 3.08. The minimum absolute atomic E-state index is 0.122. The minimum Gasteiger partial charge on any atom is -0.330 e. The van der Waals surface area contributed by atoms with Gasteiger partial charge in [0.25, 0.3) is 0 Å². The lowest BCUT2D eigenvalue weighted by molar-refractivity contribution is 0.660. The van der Waals surface area contributed by atoms with E-state index in [9.17, 15) is 0 Å². The fourth-order valence-electron chi connectivity index (χ4n) is 2.32. The normalized spacial score (nSPS) is 16.8. The summed E-state index contributed by atoms with van der Waals surface area (Å²) in [5.74, 6) is 0. The third-order valence-corrected chi connectivity index (χ3v) is 4.08. The van der Waals surface area contributed by atoms with E-state index in [-0.39, 0.29) is 5.41 Å². The highest BCUT2D eigenvalue weighted by Gasteiger charge is 2.45. The van der Waals surface area contributed by atoms with Crippen LogP contribution in [0.15, 0.2) is 30.3 Å². The molecule has 1 aliphatic rings. The van der Waals surface area contributed by atoms with Crippen molar-refractivity contribution >= 4 is 11.6 Å². The topological polar surface area (TPSA) is 43.8 Å². The summed E-state index contributed by atoms with van der Waals surface area (Å²) in [5.41, 5.74) is 9.10. The number of para-hydroxylation sites is 1. The molecule has 94 valence electrons. The molecule has 1 aliphatic carbocycles. The highest BCUT2D eigenvalue weighted by Crippen LogP contribution is 2.46. The van der Waals surface area contributed by atoms with Crippen LogP contribution in [0.25, 0.3) is 5.69 Å². The van der Waals surface area contributed by atoms with Crippen LogP contribution in [0.4, 0.5) is 0 Å². The van der Waals surface area contributed by atoms with Crippen LogP contribution < -0.4 is 5.73 Å². The van der Waals surface area contributed by atoms with Crippen molar-refractivity contribution in [3.05, 3.63) is 46.7 Å². The first-order chi connectivity index (χ1) is 8.66. The van der Waals surface area contributed by atoms with Gasteiger partial charge in [-0.3, -0.25) is 0 Å². The van der Waals surface area contributed by atoms with Crippen molar-refractivity contribution in [2.75, 3.05) is 6.54 Å². The number of benzene rings is 1. The lowest BCUT2D eigenvalue weighted by Gasteiger charge is -2.08. The second-order valence-electron chi connectivity index (χ2n) is 5.02. The summed E-state index contributed by atoms with van der Waals surface area (Å²) < 4.78 is 1.91. The molecular weight excluding hydrogens is 246 g/mol. The smallest absolute Gasteiger partial charge is 0.0834 e. The fourth-order valence-corrected chi connectivity index (χ4v) is 2.53. The number of halogens is 1. The number of rotatable bonds is 3. The van der Waals surface area contributed by atoms with Gasteiger partial charge in [0.05, 0.1) is 16.4 Å². The second kappa shape index (κ2) is 4.11. The Morgan fingerprint density at radius 2 is 2.11 bits per heavy atom. The zero-order chi connectivity index (χ0) is 12.8. The lowest BCUT2D eigenvalue weighted by Crippen LogP contribution is -2.20. The Morgan fingerprint density at radius 1 is 1.39 bits per heavy atom. The largest absolute Gasteiger partial charge is 0.330 e. The molecule has 1 aromatic carbocycles. The van der Waals surface area contributed by atoms with Gasteiger partial charge in [0.1, 0.15) is 0 Å². The van der Waals surface area contributed by atoms with Gasteiger partial charge in [-0.15, -0.1) is 0 Å². The third-order valence-electron chi connectivity index (χ3n) is 3.76. The van der Waals surface area contributed by atoms with Gasteiger partial charge in [0, 0.05) is 17.7 Å². The van der Waals surface area contributed by atoms with E-state index in [0.29, 0.717) is 11.6 Å². The molecule has 1 fully saturated rings. The highest BCUT2D eigenvalue weighted by atomic mass is 35.5. The quantitative estimate of drug-likeness (QED) is 0.923. The van der Waals surface area contributed by atoms with Gasteiger partial charge in [-0.25, -0.2) is 4.68 Å². The Hall–Kier alpha value is -1.32. The van der Waals surface area contributed by atoms with E-state index in [1.165, 1.54) is 0 Å². The van der Waals surface area contributed by atoms with E-state index >= 15 is 0 Å². The van der Waals surface area contributed by atoms with E-state index < -0.39 is 0 Å². The second-order valence-corrected chi connectivity index (χ2v) is 5.43. The molecule has 0 atom stereocenters. The first kappa shape index (κ1) is 11.8. The van der Waals surface area contributed by atoms with Crippen molar-refractivity contribution in [2.45, 2.75) is 25.2 Å². The highest BCUT2D eigenvalue weighted by molar-refractivity contribution is 6.32. The Morgan fingerprint density at radius 3 is 2.72 bits per heavy atom. The molecule has 4 heteroatoms. The predicted octanol–water partition coefficient (Wildman–Crippen LogP) is 2.82. The van der Waals surface area contributed by atoms with E-state index in [1.54, 1.807) is 0 Å². The van der Waals surface area contributed by atoms with Crippen molar-refractivity contribution in [1.82, 2.24) is 9.78 Å². The summed E-state index contributed by atoms with van der Waals surface area (Å²) >= 11 is 6.22. The lowest BCUT2D eigenvalue weighted by atomic mass is 10.0. The van der Waals surface area contributed by atoms with E-state index in [2.05, 4.69) is 6.07 Å². The van der Waals surface area contributed by atoms with Gasteiger partial charge in [-0.2, -0.15) is 5.10 Å². The van der Waals surface area contributed by atoms with Crippen molar-refractivity contribution in [3.8, 4) is 5.69 Å². The molecule has 1 saturated carbocycles. The summed E-state index contributed by atoms with van der Waals surface area (Å²) in [6, 6.07) is 9.89. The number of hydrogen-bond acceptors (Lipinski definition) is 2. The monoisotopic (exact) mass is 261 g/mol. The molecule has 18 heavy (non-hydrogen) atoms. The predicted molar refractivity (Wildman–Crippen MR) is 73.3 cm³/mol. The number of nitrogens with zero attached hydrogens (tertiary/aromatic N) is 2. The maximum atomic E-state index is 6.22. The molecule has 1 aromatic heterocycles. The van der Waals surface area contributed by atoms with Crippen molar-refractivity contribution < 1.29 is 0 Å². The van der Waals surface area contributed by atoms with E-state index in [0.717, 1.165) is 29.9 Å². The molecule has 0 amide bonds. The molecule has 0 saturated heterocycles. The Labute approximate surface area is 112 Å². The molecule has 3 nitrogen and oxygen atoms in total. The molecule has 0 unspecified atom stereocenters. The first-order valence-corrected chi connectivity index (χ1v) is 6.56. The average molecular weight is 262 g/mol. The summed E-state index contributed by atoms with van der Waals surface area (Å²) in [6.45, 7) is 2.72. The van der Waals surface area contributed by atoms with Crippen LogP contribution in [0.5, 0.6) is 0 Å². The number of nitrogens with two attached hydrogens (primary N) is 1. The van der Waals surface area contributed by atoms with Crippen LogP contribution in [0.2, 0.25) is 5.02 Å². The van der Waals surface area contributed by atoms with Crippen LogP contribution in [0.3, 0.4) is 0 Å². The summed E-state index contributed by atoms with van der Waals surface area (Å²) in [5, 5.41) is 5.41. The molecule has 0 bridgehead atoms. The number of aromatic nitrogens is 2. The van der Waals surface area contributed by atoms with E-state index in [4.69, 9.17) is 22.4 Å².